The fourth-order valence-electron chi connectivity index (χ4n) is 4.38. The monoisotopic (exact) mass is 401 g/mol. The highest BCUT2D eigenvalue weighted by Crippen LogP contribution is 2.37. The molecule has 0 spiro atoms. The van der Waals surface area contributed by atoms with Crippen LogP contribution in [0.25, 0.3) is 10.8 Å². The van der Waals surface area contributed by atoms with E-state index in [-0.39, 0.29) is 18.4 Å². The molecule has 1 saturated heterocycles. The summed E-state index contributed by atoms with van der Waals surface area (Å²) in [5, 5.41) is 1.98. The number of anilines is 2. The molecule has 0 aliphatic carbocycles. The van der Waals surface area contributed by atoms with Gasteiger partial charge in [-0.15, -0.1) is 0 Å². The van der Waals surface area contributed by atoms with E-state index in [2.05, 4.69) is 4.90 Å². The van der Waals surface area contributed by atoms with Gasteiger partial charge in [-0.05, 0) is 41.8 Å². The Balaban J connectivity index is 1.26. The first kappa shape index (κ1) is 18.5. The molecule has 2 amide bonds. The average Bonchev–Trinajstić information content (AvgIpc) is 3.07. The van der Waals surface area contributed by atoms with Crippen molar-refractivity contribution in [2.24, 2.45) is 0 Å². The molecule has 0 unspecified atom stereocenters. The fraction of sp³-hybridized carbons (Fsp3) is 0.250. The molecule has 1 fully saturated rings. The number of ether oxygens (including phenoxy) is 1. The standard InChI is InChI=1S/C24H23N3O3/c1-30-19-10-8-18(9-11-19)25-12-14-26(15-13-25)22(28)16-27-21-7-3-5-17-4-2-6-20(23(17)21)24(27)29/h2-11H,12-16H2,1H3. The molecule has 5 rings (SSSR count). The Kier molecular flexibility index (Phi) is 4.54. The van der Waals surface area contributed by atoms with Crippen LogP contribution in [0.4, 0.5) is 11.4 Å². The fourth-order valence-corrected chi connectivity index (χ4v) is 4.38. The van der Waals surface area contributed by atoms with E-state index in [0.717, 1.165) is 41.0 Å². The first-order valence-corrected chi connectivity index (χ1v) is 10.2. The van der Waals surface area contributed by atoms with Crippen LogP contribution in [0.2, 0.25) is 0 Å². The molecule has 3 aromatic carbocycles. The molecule has 2 aliphatic rings. The number of hydrogen-bond donors (Lipinski definition) is 0. The lowest BCUT2D eigenvalue weighted by molar-refractivity contribution is -0.129. The van der Waals surface area contributed by atoms with Crippen LogP contribution < -0.4 is 14.5 Å². The first-order valence-electron chi connectivity index (χ1n) is 10.2. The zero-order chi connectivity index (χ0) is 20.7. The summed E-state index contributed by atoms with van der Waals surface area (Å²) in [6, 6.07) is 19.6. The second-order valence-electron chi connectivity index (χ2n) is 7.64. The summed E-state index contributed by atoms with van der Waals surface area (Å²) >= 11 is 0. The summed E-state index contributed by atoms with van der Waals surface area (Å²) in [5.41, 5.74) is 2.64. The van der Waals surface area contributed by atoms with E-state index in [1.54, 1.807) is 12.0 Å². The Bertz CT molecular complexity index is 1110. The molecule has 0 N–H and O–H groups in total. The number of hydrogen-bond acceptors (Lipinski definition) is 4. The molecule has 0 aromatic heterocycles. The molecule has 0 saturated carbocycles. The van der Waals surface area contributed by atoms with Crippen molar-refractivity contribution in [2.75, 3.05) is 49.6 Å². The Morgan fingerprint density at radius 1 is 0.933 bits per heavy atom. The third kappa shape index (κ3) is 3.05. The normalized spacial score (nSPS) is 15.8. The summed E-state index contributed by atoms with van der Waals surface area (Å²) in [6.45, 7) is 2.90. The summed E-state index contributed by atoms with van der Waals surface area (Å²) in [7, 11) is 1.66. The molecular formula is C24H23N3O3. The Morgan fingerprint density at radius 3 is 2.33 bits per heavy atom. The summed E-state index contributed by atoms with van der Waals surface area (Å²) < 4.78 is 5.22. The highest BCUT2D eigenvalue weighted by Gasteiger charge is 2.32. The molecule has 2 heterocycles. The maximum absolute atomic E-state index is 13.0. The highest BCUT2D eigenvalue weighted by molar-refractivity contribution is 6.26. The third-order valence-electron chi connectivity index (χ3n) is 6.01. The van der Waals surface area contributed by atoms with Gasteiger partial charge < -0.3 is 14.5 Å². The maximum atomic E-state index is 13.0. The van der Waals surface area contributed by atoms with Gasteiger partial charge in [0.25, 0.3) is 5.91 Å². The van der Waals surface area contributed by atoms with Crippen LogP contribution in [0.1, 0.15) is 10.4 Å². The molecular weight excluding hydrogens is 378 g/mol. The molecule has 6 nitrogen and oxygen atoms in total. The van der Waals surface area contributed by atoms with Gasteiger partial charge in [0, 0.05) is 42.8 Å². The van der Waals surface area contributed by atoms with Crippen LogP contribution in [0.3, 0.4) is 0 Å². The van der Waals surface area contributed by atoms with Crippen molar-refractivity contribution in [2.45, 2.75) is 0 Å². The third-order valence-corrected chi connectivity index (χ3v) is 6.01. The van der Waals surface area contributed by atoms with E-state index >= 15 is 0 Å². The van der Waals surface area contributed by atoms with E-state index in [4.69, 9.17) is 4.74 Å². The minimum atomic E-state index is -0.0907. The van der Waals surface area contributed by atoms with Crippen molar-refractivity contribution in [3.63, 3.8) is 0 Å². The molecule has 6 heteroatoms. The van der Waals surface area contributed by atoms with E-state index in [9.17, 15) is 9.59 Å². The van der Waals surface area contributed by atoms with Gasteiger partial charge >= 0.3 is 0 Å². The van der Waals surface area contributed by atoms with E-state index in [1.807, 2.05) is 65.6 Å². The second kappa shape index (κ2) is 7.37. The number of carbonyl (C=O) groups excluding carboxylic acids is 2. The van der Waals surface area contributed by atoms with Crippen molar-refractivity contribution in [3.05, 3.63) is 66.2 Å². The van der Waals surface area contributed by atoms with Gasteiger partial charge in [-0.3, -0.25) is 14.5 Å². The lowest BCUT2D eigenvalue weighted by Crippen LogP contribution is -2.51. The quantitative estimate of drug-likeness (QED) is 0.674. The van der Waals surface area contributed by atoms with Crippen LogP contribution in [0, 0.1) is 0 Å². The van der Waals surface area contributed by atoms with Crippen LogP contribution in [-0.2, 0) is 4.79 Å². The molecule has 30 heavy (non-hydrogen) atoms. The predicted octanol–water partition coefficient (Wildman–Crippen LogP) is 3.16. The lowest BCUT2D eigenvalue weighted by Gasteiger charge is -2.36. The zero-order valence-corrected chi connectivity index (χ0v) is 16.9. The number of benzene rings is 3. The highest BCUT2D eigenvalue weighted by atomic mass is 16.5. The molecule has 0 atom stereocenters. The summed E-state index contributed by atoms with van der Waals surface area (Å²) in [6.07, 6.45) is 0. The van der Waals surface area contributed by atoms with Crippen LogP contribution in [0.15, 0.2) is 60.7 Å². The SMILES string of the molecule is COc1ccc(N2CCN(C(=O)CN3C(=O)c4cccc5cccc3c45)CC2)cc1. The molecule has 0 radical (unpaired) electrons. The van der Waals surface area contributed by atoms with Crippen LogP contribution in [-0.4, -0.2) is 56.5 Å². The minimum Gasteiger partial charge on any atom is -0.497 e. The largest absolute Gasteiger partial charge is 0.497 e. The predicted molar refractivity (Wildman–Crippen MR) is 117 cm³/mol. The van der Waals surface area contributed by atoms with Gasteiger partial charge in [-0.2, -0.15) is 0 Å². The van der Waals surface area contributed by atoms with Gasteiger partial charge in [0.1, 0.15) is 12.3 Å². The second-order valence-corrected chi connectivity index (χ2v) is 7.64. The number of rotatable bonds is 4. The first-order chi connectivity index (χ1) is 14.7. The number of methoxy groups -OCH3 is 1. The molecule has 0 bridgehead atoms. The van der Waals surface area contributed by atoms with E-state index in [1.165, 1.54) is 0 Å². The van der Waals surface area contributed by atoms with Gasteiger partial charge in [-0.25, -0.2) is 0 Å². The van der Waals surface area contributed by atoms with E-state index < -0.39 is 0 Å². The van der Waals surface area contributed by atoms with Crippen molar-refractivity contribution in [1.29, 1.82) is 0 Å². The van der Waals surface area contributed by atoms with Gasteiger partial charge in [-0.1, -0.05) is 24.3 Å². The van der Waals surface area contributed by atoms with Gasteiger partial charge in [0.15, 0.2) is 0 Å². The van der Waals surface area contributed by atoms with Crippen molar-refractivity contribution in [1.82, 2.24) is 4.90 Å². The number of amides is 2. The Hall–Kier alpha value is -3.54. The lowest BCUT2D eigenvalue weighted by atomic mass is 10.1. The van der Waals surface area contributed by atoms with E-state index in [0.29, 0.717) is 18.7 Å². The van der Waals surface area contributed by atoms with Crippen LogP contribution >= 0.6 is 0 Å². The van der Waals surface area contributed by atoms with Crippen molar-refractivity contribution in [3.8, 4) is 5.75 Å². The molecule has 3 aromatic rings. The van der Waals surface area contributed by atoms with Crippen LogP contribution in [0.5, 0.6) is 5.75 Å². The summed E-state index contributed by atoms with van der Waals surface area (Å²) in [5.74, 6) is 0.730. The summed E-state index contributed by atoms with van der Waals surface area (Å²) in [4.78, 5) is 31.7. The smallest absolute Gasteiger partial charge is 0.259 e. The number of nitrogens with zero attached hydrogens (tertiary/aromatic N) is 3. The van der Waals surface area contributed by atoms with Gasteiger partial charge in [0.05, 0.1) is 12.8 Å². The van der Waals surface area contributed by atoms with Crippen molar-refractivity contribution >= 4 is 34.0 Å². The number of piperazine rings is 1. The molecule has 2 aliphatic heterocycles. The maximum Gasteiger partial charge on any atom is 0.259 e. The van der Waals surface area contributed by atoms with Crippen molar-refractivity contribution < 1.29 is 14.3 Å². The zero-order valence-electron chi connectivity index (χ0n) is 16.9. The molecule has 152 valence electrons. The number of carbonyl (C=O) groups is 2. The minimum absolute atomic E-state index is 0.0115. The topological polar surface area (TPSA) is 53.1 Å². The Morgan fingerprint density at radius 2 is 1.63 bits per heavy atom. The Labute approximate surface area is 175 Å². The van der Waals surface area contributed by atoms with Gasteiger partial charge in [0.2, 0.25) is 5.91 Å². The average molecular weight is 401 g/mol.